The Morgan fingerprint density at radius 3 is 2.60 bits per heavy atom. The molecule has 0 spiro atoms. The summed E-state index contributed by atoms with van der Waals surface area (Å²) in [5, 5.41) is 0.719. The lowest BCUT2D eigenvalue weighted by Crippen LogP contribution is -2.51. The lowest BCUT2D eigenvalue weighted by molar-refractivity contribution is 0.0389. The maximum atomic E-state index is 6.41. The highest BCUT2D eigenvalue weighted by molar-refractivity contribution is 6.32. The lowest BCUT2D eigenvalue weighted by atomic mass is 9.79. The standard InChI is InChI=1S/C16H23ClN2O/c1-19-9-13(10-19)20-15-5-4-12(8-14(15)17)16(11-18)6-2-3-7-16/h4-5,8,13H,2-3,6-7,9-11,18H2,1H3. The summed E-state index contributed by atoms with van der Waals surface area (Å²) in [5.74, 6) is 0.804. The van der Waals surface area contributed by atoms with E-state index in [2.05, 4.69) is 24.1 Å². The highest BCUT2D eigenvalue weighted by atomic mass is 35.5. The van der Waals surface area contributed by atoms with Gasteiger partial charge in [0.15, 0.2) is 0 Å². The molecule has 1 aromatic carbocycles. The van der Waals surface area contributed by atoms with Crippen LogP contribution in [0.1, 0.15) is 31.2 Å². The molecule has 0 aromatic heterocycles. The lowest BCUT2D eigenvalue weighted by Gasteiger charge is -2.36. The molecule has 0 amide bonds. The van der Waals surface area contributed by atoms with E-state index in [1.54, 1.807) is 0 Å². The molecular weight excluding hydrogens is 272 g/mol. The third-order valence-electron chi connectivity index (χ3n) is 4.82. The van der Waals surface area contributed by atoms with Crippen molar-refractivity contribution in [2.75, 3.05) is 26.7 Å². The Morgan fingerprint density at radius 1 is 1.35 bits per heavy atom. The summed E-state index contributed by atoms with van der Waals surface area (Å²) >= 11 is 6.41. The monoisotopic (exact) mass is 294 g/mol. The minimum atomic E-state index is 0.138. The van der Waals surface area contributed by atoms with E-state index in [1.165, 1.54) is 31.2 Å². The summed E-state index contributed by atoms with van der Waals surface area (Å²) < 4.78 is 5.93. The van der Waals surface area contributed by atoms with E-state index in [1.807, 2.05) is 6.07 Å². The zero-order valence-corrected chi connectivity index (χ0v) is 12.8. The van der Waals surface area contributed by atoms with Crippen molar-refractivity contribution >= 4 is 11.6 Å². The van der Waals surface area contributed by atoms with Gasteiger partial charge in [0.2, 0.25) is 0 Å². The van der Waals surface area contributed by atoms with Crippen LogP contribution >= 0.6 is 11.6 Å². The molecule has 3 nitrogen and oxygen atoms in total. The number of hydrogen-bond acceptors (Lipinski definition) is 3. The van der Waals surface area contributed by atoms with Crippen LogP contribution in [0.25, 0.3) is 0 Å². The highest BCUT2D eigenvalue weighted by Crippen LogP contribution is 2.42. The molecule has 1 aliphatic heterocycles. The Labute approximate surface area is 126 Å². The quantitative estimate of drug-likeness (QED) is 0.928. The molecule has 1 saturated heterocycles. The average Bonchev–Trinajstić information content (AvgIpc) is 2.89. The third-order valence-corrected chi connectivity index (χ3v) is 5.12. The van der Waals surface area contributed by atoms with Crippen molar-refractivity contribution < 1.29 is 4.74 Å². The van der Waals surface area contributed by atoms with E-state index in [0.29, 0.717) is 6.54 Å². The first-order chi connectivity index (χ1) is 9.63. The molecule has 2 aliphatic rings. The van der Waals surface area contributed by atoms with E-state index >= 15 is 0 Å². The summed E-state index contributed by atoms with van der Waals surface area (Å²) in [4.78, 5) is 2.23. The van der Waals surface area contributed by atoms with Crippen molar-refractivity contribution in [1.82, 2.24) is 4.90 Å². The van der Waals surface area contributed by atoms with Crippen molar-refractivity contribution in [2.45, 2.75) is 37.2 Å². The number of rotatable bonds is 4. The van der Waals surface area contributed by atoms with E-state index in [9.17, 15) is 0 Å². The number of halogens is 1. The Bertz CT molecular complexity index is 479. The van der Waals surface area contributed by atoms with Gasteiger partial charge in [-0.2, -0.15) is 0 Å². The number of likely N-dealkylation sites (tertiary alicyclic amines) is 1. The molecular formula is C16H23ClN2O. The zero-order chi connectivity index (χ0) is 14.2. The van der Waals surface area contributed by atoms with Gasteiger partial charge >= 0.3 is 0 Å². The first-order valence-electron chi connectivity index (χ1n) is 7.48. The fraction of sp³-hybridized carbons (Fsp3) is 0.625. The number of nitrogens with zero attached hydrogens (tertiary/aromatic N) is 1. The van der Waals surface area contributed by atoms with Gasteiger partial charge in [0, 0.05) is 25.0 Å². The Hall–Kier alpha value is -0.770. The summed E-state index contributed by atoms with van der Waals surface area (Å²) in [5.41, 5.74) is 7.45. The van der Waals surface area contributed by atoms with Gasteiger partial charge in [-0.1, -0.05) is 30.5 Å². The molecule has 2 N–H and O–H groups in total. The van der Waals surface area contributed by atoms with Crippen LogP contribution in [0.5, 0.6) is 5.75 Å². The van der Waals surface area contributed by atoms with Gasteiger partial charge in [-0.15, -0.1) is 0 Å². The van der Waals surface area contributed by atoms with Gasteiger partial charge in [0.1, 0.15) is 11.9 Å². The first kappa shape index (κ1) is 14.2. The molecule has 20 heavy (non-hydrogen) atoms. The SMILES string of the molecule is CN1CC(Oc2ccc(C3(CN)CCCC3)cc2Cl)C1. The largest absolute Gasteiger partial charge is 0.486 e. The van der Waals surface area contributed by atoms with E-state index < -0.39 is 0 Å². The van der Waals surface area contributed by atoms with Crippen molar-refractivity contribution in [3.8, 4) is 5.75 Å². The molecule has 0 atom stereocenters. The van der Waals surface area contributed by atoms with Crippen LogP contribution in [-0.4, -0.2) is 37.7 Å². The van der Waals surface area contributed by atoms with Crippen LogP contribution in [-0.2, 0) is 5.41 Å². The van der Waals surface area contributed by atoms with Crippen LogP contribution in [0, 0.1) is 0 Å². The van der Waals surface area contributed by atoms with Gasteiger partial charge in [-0.05, 0) is 37.6 Å². The molecule has 1 saturated carbocycles. The van der Waals surface area contributed by atoms with Gasteiger partial charge in [-0.3, -0.25) is 4.90 Å². The summed E-state index contributed by atoms with van der Waals surface area (Å²) in [6.07, 6.45) is 5.16. The Kier molecular flexibility index (Phi) is 3.93. The molecule has 2 fully saturated rings. The minimum Gasteiger partial charge on any atom is -0.486 e. The second kappa shape index (κ2) is 5.55. The van der Waals surface area contributed by atoms with Gasteiger partial charge in [0.05, 0.1) is 5.02 Å². The molecule has 0 bridgehead atoms. The van der Waals surface area contributed by atoms with E-state index in [-0.39, 0.29) is 11.5 Å². The van der Waals surface area contributed by atoms with Gasteiger partial charge in [0.25, 0.3) is 0 Å². The highest BCUT2D eigenvalue weighted by Gasteiger charge is 2.34. The predicted molar refractivity (Wildman–Crippen MR) is 82.6 cm³/mol. The average molecular weight is 295 g/mol. The van der Waals surface area contributed by atoms with Crippen LogP contribution < -0.4 is 10.5 Å². The minimum absolute atomic E-state index is 0.138. The topological polar surface area (TPSA) is 38.5 Å². The van der Waals surface area contributed by atoms with Crippen LogP contribution in [0.2, 0.25) is 5.02 Å². The van der Waals surface area contributed by atoms with Crippen LogP contribution in [0.15, 0.2) is 18.2 Å². The van der Waals surface area contributed by atoms with E-state index in [0.717, 1.165) is 23.9 Å². The fourth-order valence-electron chi connectivity index (χ4n) is 3.48. The molecule has 1 aromatic rings. The second-order valence-corrected chi connectivity index (χ2v) is 6.71. The number of likely N-dealkylation sites (N-methyl/N-ethyl adjacent to an activating group) is 1. The Balaban J connectivity index is 1.76. The second-order valence-electron chi connectivity index (χ2n) is 6.30. The molecule has 3 rings (SSSR count). The molecule has 0 radical (unpaired) electrons. The van der Waals surface area contributed by atoms with Gasteiger partial charge < -0.3 is 10.5 Å². The van der Waals surface area contributed by atoms with Gasteiger partial charge in [-0.25, -0.2) is 0 Å². The third kappa shape index (κ3) is 2.54. The van der Waals surface area contributed by atoms with Crippen molar-refractivity contribution in [3.05, 3.63) is 28.8 Å². The number of nitrogens with two attached hydrogens (primary N) is 1. The van der Waals surface area contributed by atoms with Crippen molar-refractivity contribution in [2.24, 2.45) is 5.73 Å². The summed E-state index contributed by atoms with van der Waals surface area (Å²) in [6, 6.07) is 6.24. The molecule has 0 unspecified atom stereocenters. The van der Waals surface area contributed by atoms with Crippen LogP contribution in [0.3, 0.4) is 0 Å². The molecule has 110 valence electrons. The zero-order valence-electron chi connectivity index (χ0n) is 12.1. The fourth-order valence-corrected chi connectivity index (χ4v) is 3.71. The molecule has 1 aliphatic carbocycles. The number of benzene rings is 1. The van der Waals surface area contributed by atoms with E-state index in [4.69, 9.17) is 22.1 Å². The normalized spacial score (nSPS) is 22.8. The predicted octanol–water partition coefficient (Wildman–Crippen LogP) is 2.80. The smallest absolute Gasteiger partial charge is 0.138 e. The first-order valence-corrected chi connectivity index (χ1v) is 7.86. The maximum absolute atomic E-state index is 6.41. The summed E-state index contributed by atoms with van der Waals surface area (Å²) in [6.45, 7) is 2.66. The molecule has 4 heteroatoms. The molecule has 1 heterocycles. The summed E-state index contributed by atoms with van der Waals surface area (Å²) in [7, 11) is 2.09. The van der Waals surface area contributed by atoms with Crippen LogP contribution in [0.4, 0.5) is 0 Å². The Morgan fingerprint density at radius 2 is 2.05 bits per heavy atom. The maximum Gasteiger partial charge on any atom is 0.138 e. The number of ether oxygens (including phenoxy) is 1. The van der Waals surface area contributed by atoms with Crippen molar-refractivity contribution in [3.63, 3.8) is 0 Å². The van der Waals surface area contributed by atoms with Crippen molar-refractivity contribution in [1.29, 1.82) is 0 Å². The number of hydrogen-bond donors (Lipinski definition) is 1.